The fourth-order valence-electron chi connectivity index (χ4n) is 4.19. The summed E-state index contributed by atoms with van der Waals surface area (Å²) in [5.74, 6) is -4.17. The van der Waals surface area contributed by atoms with E-state index in [-0.39, 0.29) is 30.8 Å². The van der Waals surface area contributed by atoms with E-state index >= 15 is 0 Å². The SMILES string of the molecule is O=C(CN(C(=O)c1ccc(Cl)c(Cl)c1)N1C(=O)[C@H]2C[C@H](Br)[C@@H](Br)C[C@H]2C1=O)c1ccc(F)cc1. The van der Waals surface area contributed by atoms with Gasteiger partial charge < -0.3 is 0 Å². The zero-order valence-electron chi connectivity index (χ0n) is 17.4. The standard InChI is InChI=1S/C23H17Br2Cl2FN2O4/c24-16-8-14-15(9-17(16)25)23(34)30(22(14)33)29(10-20(31)11-1-4-13(28)5-2-11)21(32)12-3-6-18(26)19(27)7-12/h1-7,14-17H,8-10H2/t14-,15+,16-,17-/m0/s1. The first-order chi connectivity index (χ1) is 16.1. The van der Waals surface area contributed by atoms with Crippen LogP contribution in [0.2, 0.25) is 10.0 Å². The Hall–Kier alpha value is -1.81. The van der Waals surface area contributed by atoms with Gasteiger partial charge in [-0.05, 0) is 55.3 Å². The van der Waals surface area contributed by atoms with E-state index in [0.717, 1.165) is 22.2 Å². The van der Waals surface area contributed by atoms with Crippen LogP contribution in [-0.4, -0.2) is 49.7 Å². The Kier molecular flexibility index (Phi) is 7.47. The van der Waals surface area contributed by atoms with Crippen molar-refractivity contribution in [2.24, 2.45) is 11.8 Å². The van der Waals surface area contributed by atoms with E-state index in [0.29, 0.717) is 12.8 Å². The number of carbonyl (C=O) groups excluding carboxylic acids is 4. The average Bonchev–Trinajstić information content (AvgIpc) is 3.03. The molecule has 0 radical (unpaired) electrons. The Bertz CT molecular complexity index is 1150. The van der Waals surface area contributed by atoms with E-state index in [1.807, 2.05) is 0 Å². The third kappa shape index (κ3) is 4.80. The number of hydrazine groups is 1. The second-order valence-corrected chi connectivity index (χ2v) is 11.3. The second kappa shape index (κ2) is 10.0. The summed E-state index contributed by atoms with van der Waals surface area (Å²) in [6.07, 6.45) is 0.810. The van der Waals surface area contributed by atoms with Crippen LogP contribution in [0, 0.1) is 17.7 Å². The van der Waals surface area contributed by atoms with Crippen LogP contribution in [0.15, 0.2) is 42.5 Å². The number of imide groups is 1. The van der Waals surface area contributed by atoms with E-state index in [2.05, 4.69) is 31.9 Å². The fourth-order valence-corrected chi connectivity index (χ4v) is 5.73. The van der Waals surface area contributed by atoms with Crippen LogP contribution < -0.4 is 0 Å². The lowest BCUT2D eigenvalue weighted by Gasteiger charge is -2.30. The van der Waals surface area contributed by atoms with E-state index in [1.54, 1.807) is 0 Å². The molecule has 6 nitrogen and oxygen atoms in total. The van der Waals surface area contributed by atoms with Gasteiger partial charge in [-0.1, -0.05) is 55.1 Å². The van der Waals surface area contributed by atoms with Crippen LogP contribution in [0.1, 0.15) is 33.6 Å². The first-order valence-electron chi connectivity index (χ1n) is 10.3. The molecule has 1 heterocycles. The monoisotopic (exact) mass is 632 g/mol. The predicted octanol–water partition coefficient (Wildman–Crippen LogP) is 5.29. The molecule has 0 aromatic heterocycles. The molecule has 0 unspecified atom stereocenters. The number of benzene rings is 2. The van der Waals surface area contributed by atoms with E-state index in [1.165, 1.54) is 30.3 Å². The molecule has 2 aromatic rings. The Balaban J connectivity index is 1.71. The molecule has 2 fully saturated rings. The third-order valence-corrected chi connectivity index (χ3v) is 9.46. The number of hydrogen-bond donors (Lipinski definition) is 0. The molecule has 4 rings (SSSR count). The van der Waals surface area contributed by atoms with Crippen LogP contribution in [0.25, 0.3) is 0 Å². The molecule has 3 amide bonds. The minimum Gasteiger partial charge on any atom is -0.292 e. The van der Waals surface area contributed by atoms with Gasteiger partial charge in [0, 0.05) is 20.8 Å². The largest absolute Gasteiger partial charge is 0.292 e. The normalized spacial score (nSPS) is 24.2. The fraction of sp³-hybridized carbons (Fsp3) is 0.304. The summed E-state index contributed by atoms with van der Waals surface area (Å²) in [4.78, 5) is 53.1. The topological polar surface area (TPSA) is 74.8 Å². The van der Waals surface area contributed by atoms with Crippen molar-refractivity contribution in [3.05, 3.63) is 69.5 Å². The van der Waals surface area contributed by atoms with Crippen molar-refractivity contribution in [1.29, 1.82) is 0 Å². The van der Waals surface area contributed by atoms with Crippen molar-refractivity contribution in [3.8, 4) is 0 Å². The molecular formula is C23H17Br2Cl2FN2O4. The number of ketones is 1. The molecule has 1 aliphatic heterocycles. The van der Waals surface area contributed by atoms with Crippen LogP contribution in [0.5, 0.6) is 0 Å². The molecule has 0 N–H and O–H groups in total. The van der Waals surface area contributed by atoms with Gasteiger partial charge in [-0.25, -0.2) is 9.40 Å². The lowest BCUT2D eigenvalue weighted by molar-refractivity contribution is -0.154. The number of hydrogen-bond acceptors (Lipinski definition) is 4. The maximum absolute atomic E-state index is 13.5. The number of rotatable bonds is 5. The minimum atomic E-state index is -0.764. The molecular weight excluding hydrogens is 618 g/mol. The molecule has 34 heavy (non-hydrogen) atoms. The first-order valence-corrected chi connectivity index (χ1v) is 12.9. The maximum Gasteiger partial charge on any atom is 0.273 e. The zero-order chi connectivity index (χ0) is 24.7. The van der Waals surface area contributed by atoms with Gasteiger partial charge in [-0.3, -0.25) is 19.2 Å². The van der Waals surface area contributed by atoms with Gasteiger partial charge in [-0.15, -0.1) is 0 Å². The molecule has 0 bridgehead atoms. The van der Waals surface area contributed by atoms with Crippen molar-refractivity contribution in [2.75, 3.05) is 6.54 Å². The highest BCUT2D eigenvalue weighted by molar-refractivity contribution is 9.12. The van der Waals surface area contributed by atoms with E-state index < -0.39 is 47.7 Å². The summed E-state index contributed by atoms with van der Waals surface area (Å²) < 4.78 is 13.3. The van der Waals surface area contributed by atoms with Crippen molar-refractivity contribution in [2.45, 2.75) is 22.5 Å². The summed E-state index contributed by atoms with van der Waals surface area (Å²) in [5, 5.41) is 1.96. The first kappa shape index (κ1) is 25.3. The molecule has 1 saturated carbocycles. The molecule has 2 aliphatic rings. The Labute approximate surface area is 221 Å². The Morgan fingerprint density at radius 2 is 1.44 bits per heavy atom. The quantitative estimate of drug-likeness (QED) is 0.254. The Morgan fingerprint density at radius 3 is 1.97 bits per heavy atom. The summed E-state index contributed by atoms with van der Waals surface area (Å²) >= 11 is 19.1. The van der Waals surface area contributed by atoms with Gasteiger partial charge in [-0.2, -0.15) is 5.01 Å². The highest BCUT2D eigenvalue weighted by Crippen LogP contribution is 2.43. The summed E-state index contributed by atoms with van der Waals surface area (Å²) in [6, 6.07) is 8.90. The van der Waals surface area contributed by atoms with Gasteiger partial charge in [0.25, 0.3) is 17.7 Å². The Morgan fingerprint density at radius 1 is 0.912 bits per heavy atom. The second-order valence-electron chi connectivity index (χ2n) is 8.13. The van der Waals surface area contributed by atoms with E-state index in [9.17, 15) is 23.6 Å². The lowest BCUT2D eigenvalue weighted by atomic mass is 9.81. The van der Waals surface area contributed by atoms with Crippen LogP contribution in [-0.2, 0) is 9.59 Å². The average molecular weight is 635 g/mol. The van der Waals surface area contributed by atoms with Gasteiger partial charge in [0.2, 0.25) is 0 Å². The molecule has 1 saturated heterocycles. The summed E-state index contributed by atoms with van der Waals surface area (Å²) in [7, 11) is 0. The number of fused-ring (bicyclic) bond motifs is 1. The number of carbonyl (C=O) groups is 4. The summed E-state index contributed by atoms with van der Waals surface area (Å²) in [6.45, 7) is -0.600. The maximum atomic E-state index is 13.5. The van der Waals surface area contributed by atoms with Crippen LogP contribution >= 0.6 is 55.1 Å². The molecule has 1 aliphatic carbocycles. The van der Waals surface area contributed by atoms with Gasteiger partial charge in [0.05, 0.1) is 21.9 Å². The molecule has 0 spiro atoms. The number of amides is 3. The van der Waals surface area contributed by atoms with Crippen molar-refractivity contribution in [1.82, 2.24) is 10.0 Å². The van der Waals surface area contributed by atoms with Crippen molar-refractivity contribution < 1.29 is 23.6 Å². The smallest absolute Gasteiger partial charge is 0.273 e. The highest BCUT2D eigenvalue weighted by atomic mass is 79.9. The number of Topliss-reactive ketones (excluding diaryl/α,β-unsaturated/α-hetero) is 1. The molecule has 178 valence electrons. The third-order valence-electron chi connectivity index (χ3n) is 5.99. The number of halogens is 5. The van der Waals surface area contributed by atoms with Gasteiger partial charge >= 0.3 is 0 Å². The zero-order valence-corrected chi connectivity index (χ0v) is 22.1. The van der Waals surface area contributed by atoms with Crippen LogP contribution in [0.4, 0.5) is 4.39 Å². The highest BCUT2D eigenvalue weighted by Gasteiger charge is 2.54. The molecule has 11 heteroatoms. The molecule has 4 atom stereocenters. The van der Waals surface area contributed by atoms with Crippen LogP contribution in [0.3, 0.4) is 0 Å². The lowest BCUT2D eigenvalue weighted by Crippen LogP contribution is -2.52. The number of nitrogens with zero attached hydrogens (tertiary/aromatic N) is 2. The van der Waals surface area contributed by atoms with Crippen molar-refractivity contribution >= 4 is 78.6 Å². The summed E-state index contributed by atoms with van der Waals surface area (Å²) in [5.41, 5.74) is 0.180. The minimum absolute atomic E-state index is 0.0227. The van der Waals surface area contributed by atoms with Gasteiger partial charge in [0.15, 0.2) is 5.78 Å². The molecule has 2 aromatic carbocycles. The number of alkyl halides is 2. The predicted molar refractivity (Wildman–Crippen MR) is 132 cm³/mol. The van der Waals surface area contributed by atoms with Crippen molar-refractivity contribution in [3.63, 3.8) is 0 Å². The van der Waals surface area contributed by atoms with Gasteiger partial charge in [0.1, 0.15) is 12.4 Å². The van der Waals surface area contributed by atoms with E-state index in [4.69, 9.17) is 23.2 Å².